The Balaban J connectivity index is 2.75. The Labute approximate surface area is 44.5 Å². The number of halogens is 1. The lowest BCUT2D eigenvalue weighted by molar-refractivity contribution is 0.746. The largest absolute Gasteiger partial charge is 0.126 e. The van der Waals surface area contributed by atoms with E-state index in [9.17, 15) is 0 Å². The predicted molar refractivity (Wildman–Crippen MR) is 29.5 cm³/mol. The van der Waals surface area contributed by atoms with E-state index >= 15 is 0 Å². The van der Waals surface area contributed by atoms with Crippen LogP contribution in [0.15, 0.2) is 0 Å². The molecule has 0 aromatic heterocycles. The molecule has 36 valence electrons. The van der Waals surface area contributed by atoms with E-state index in [1.165, 1.54) is 0 Å². The van der Waals surface area contributed by atoms with Crippen LogP contribution >= 0.6 is 11.6 Å². The maximum absolute atomic E-state index is 5.35. The fourth-order valence-electron chi connectivity index (χ4n) is 0.0772. The molecule has 0 aromatic carbocycles. The highest BCUT2D eigenvalue weighted by Crippen LogP contribution is 1.99. The highest BCUT2D eigenvalue weighted by Gasteiger charge is 1.90. The van der Waals surface area contributed by atoms with Crippen molar-refractivity contribution < 1.29 is 0 Å². The van der Waals surface area contributed by atoms with E-state index in [1.54, 1.807) is 0 Å². The molecular formula is C5H9Cl. The highest BCUT2D eigenvalue weighted by atomic mass is 35.5. The summed E-state index contributed by atoms with van der Waals surface area (Å²) >= 11 is 5.35. The number of rotatable bonds is 2. The van der Waals surface area contributed by atoms with Crippen LogP contribution in [0.1, 0.15) is 6.42 Å². The van der Waals surface area contributed by atoms with E-state index < -0.39 is 0 Å². The van der Waals surface area contributed by atoms with Gasteiger partial charge in [0.15, 0.2) is 0 Å². The van der Waals surface area contributed by atoms with Gasteiger partial charge in [-0.15, -0.1) is 11.6 Å². The van der Waals surface area contributed by atoms with Gasteiger partial charge in [0, 0.05) is 5.88 Å². The molecule has 0 spiro atoms. The summed E-state index contributed by atoms with van der Waals surface area (Å²) in [6, 6.07) is 0. The summed E-state index contributed by atoms with van der Waals surface area (Å²) in [5, 5.41) is 0. The van der Waals surface area contributed by atoms with Gasteiger partial charge in [0.2, 0.25) is 0 Å². The van der Waals surface area contributed by atoms with Crippen LogP contribution in [0.25, 0.3) is 0 Å². The minimum absolute atomic E-state index is 0.340. The van der Waals surface area contributed by atoms with Crippen molar-refractivity contribution >= 4 is 11.6 Å². The van der Waals surface area contributed by atoms with Crippen molar-refractivity contribution in [3.8, 4) is 0 Å². The van der Waals surface area contributed by atoms with E-state index in [0.29, 0.717) is 11.8 Å². The van der Waals surface area contributed by atoms with Crippen LogP contribution in [-0.2, 0) is 0 Å². The van der Waals surface area contributed by atoms with Crippen LogP contribution in [-0.4, -0.2) is 5.88 Å². The Morgan fingerprint density at radius 1 is 1.67 bits per heavy atom. The Bertz CT molecular complexity index is 23.1. The first-order valence-electron chi connectivity index (χ1n) is 1.99. The summed E-state index contributed by atoms with van der Waals surface area (Å²) in [6.07, 6.45) is 0.837. The van der Waals surface area contributed by atoms with Crippen LogP contribution in [0.3, 0.4) is 0 Å². The number of hydrogen-bond donors (Lipinski definition) is 0. The average Bonchev–Trinajstić information content (AvgIpc) is 1.65. The molecular weight excluding hydrogens is 95.5 g/mol. The smallest absolute Gasteiger partial charge is 0.0251 e. The Hall–Kier alpha value is 0.290. The topological polar surface area (TPSA) is 0 Å². The van der Waals surface area contributed by atoms with Crippen LogP contribution < -0.4 is 0 Å². The number of alkyl halides is 1. The Kier molecular flexibility index (Phi) is 3.65. The molecule has 0 nitrogen and oxygen atoms in total. The van der Waals surface area contributed by atoms with Crippen LogP contribution in [0.5, 0.6) is 0 Å². The third-order valence-corrected chi connectivity index (χ3v) is 1.06. The lowest BCUT2D eigenvalue weighted by Gasteiger charge is -1.96. The van der Waals surface area contributed by atoms with Gasteiger partial charge >= 0.3 is 0 Å². The first kappa shape index (κ1) is 6.29. The van der Waals surface area contributed by atoms with E-state index in [2.05, 4.69) is 13.8 Å². The van der Waals surface area contributed by atoms with Gasteiger partial charge in [-0.3, -0.25) is 0 Å². The van der Waals surface area contributed by atoms with Crippen LogP contribution in [0, 0.1) is 19.8 Å². The zero-order chi connectivity index (χ0) is 4.99. The van der Waals surface area contributed by atoms with Gasteiger partial charge < -0.3 is 0 Å². The summed E-state index contributed by atoms with van der Waals surface area (Å²) in [4.78, 5) is 0. The summed E-state index contributed by atoms with van der Waals surface area (Å²) in [7, 11) is 0. The van der Waals surface area contributed by atoms with E-state index in [4.69, 9.17) is 11.6 Å². The minimum Gasteiger partial charge on any atom is -0.126 e. The molecule has 2 radical (unpaired) electrons. The molecule has 0 rings (SSSR count). The number of hydrogen-bond acceptors (Lipinski definition) is 0. The van der Waals surface area contributed by atoms with Crippen LogP contribution in [0.2, 0.25) is 0 Å². The monoisotopic (exact) mass is 104 g/mol. The highest BCUT2D eigenvalue weighted by molar-refractivity contribution is 6.18. The Morgan fingerprint density at radius 3 is 2.17 bits per heavy atom. The second-order valence-corrected chi connectivity index (χ2v) is 1.62. The zero-order valence-electron chi connectivity index (χ0n) is 3.78. The molecule has 0 aliphatic rings. The SMILES string of the molecule is [CH2]CC([CH2])CCl. The third-order valence-electron chi connectivity index (χ3n) is 0.626. The maximum atomic E-state index is 5.35. The molecule has 0 amide bonds. The lowest BCUT2D eigenvalue weighted by atomic mass is 10.2. The molecule has 0 heterocycles. The van der Waals surface area contributed by atoms with Gasteiger partial charge in [-0.1, -0.05) is 6.92 Å². The molecule has 0 aromatic rings. The summed E-state index contributed by atoms with van der Waals surface area (Å²) < 4.78 is 0. The molecule has 0 saturated carbocycles. The Morgan fingerprint density at radius 2 is 2.17 bits per heavy atom. The van der Waals surface area contributed by atoms with Crippen LogP contribution in [0.4, 0.5) is 0 Å². The first-order valence-corrected chi connectivity index (χ1v) is 2.53. The van der Waals surface area contributed by atoms with E-state index in [-0.39, 0.29) is 0 Å². The van der Waals surface area contributed by atoms with Crippen molar-refractivity contribution in [3.63, 3.8) is 0 Å². The fourth-order valence-corrected chi connectivity index (χ4v) is 0.231. The maximum Gasteiger partial charge on any atom is 0.0251 e. The van der Waals surface area contributed by atoms with Gasteiger partial charge in [0.1, 0.15) is 0 Å². The predicted octanol–water partition coefficient (Wildman–Crippen LogP) is 1.90. The summed E-state index contributed by atoms with van der Waals surface area (Å²) in [6.45, 7) is 7.29. The van der Waals surface area contributed by atoms with Gasteiger partial charge in [-0.2, -0.15) is 0 Å². The van der Waals surface area contributed by atoms with Crippen molar-refractivity contribution in [1.82, 2.24) is 0 Å². The molecule has 1 unspecified atom stereocenters. The molecule has 0 saturated heterocycles. The quantitative estimate of drug-likeness (QED) is 0.470. The molecule has 0 fully saturated rings. The summed E-state index contributed by atoms with van der Waals surface area (Å²) in [5.74, 6) is 0.968. The molecule has 1 atom stereocenters. The third kappa shape index (κ3) is 2.52. The second-order valence-electron chi connectivity index (χ2n) is 1.31. The van der Waals surface area contributed by atoms with Crippen molar-refractivity contribution in [1.29, 1.82) is 0 Å². The molecule has 0 N–H and O–H groups in total. The molecule has 6 heavy (non-hydrogen) atoms. The molecule has 0 aliphatic carbocycles. The zero-order valence-corrected chi connectivity index (χ0v) is 4.54. The van der Waals surface area contributed by atoms with Gasteiger partial charge in [0.05, 0.1) is 0 Å². The van der Waals surface area contributed by atoms with Crippen molar-refractivity contribution in [2.75, 3.05) is 5.88 Å². The summed E-state index contributed by atoms with van der Waals surface area (Å²) in [5.41, 5.74) is 0. The molecule has 1 heteroatoms. The molecule has 0 bridgehead atoms. The first-order chi connectivity index (χ1) is 2.81. The van der Waals surface area contributed by atoms with Crippen molar-refractivity contribution in [3.05, 3.63) is 13.8 Å². The second kappa shape index (κ2) is 3.48. The normalized spacial score (nSPS) is 14.5. The van der Waals surface area contributed by atoms with E-state index in [1.807, 2.05) is 0 Å². The standard InChI is InChI=1S/C5H9Cl/c1-3-5(2)4-6/h5H,1-4H2. The average molecular weight is 105 g/mol. The lowest BCUT2D eigenvalue weighted by Crippen LogP contribution is -1.91. The van der Waals surface area contributed by atoms with E-state index in [0.717, 1.165) is 6.42 Å². The van der Waals surface area contributed by atoms with Crippen molar-refractivity contribution in [2.24, 2.45) is 5.92 Å². The van der Waals surface area contributed by atoms with Crippen molar-refractivity contribution in [2.45, 2.75) is 6.42 Å². The minimum atomic E-state index is 0.340. The van der Waals surface area contributed by atoms with Gasteiger partial charge in [-0.05, 0) is 19.3 Å². The van der Waals surface area contributed by atoms with Gasteiger partial charge in [-0.25, -0.2) is 0 Å². The fraction of sp³-hybridized carbons (Fsp3) is 0.600. The van der Waals surface area contributed by atoms with Gasteiger partial charge in [0.25, 0.3) is 0 Å². The molecule has 0 aliphatic heterocycles.